The van der Waals surface area contributed by atoms with Gasteiger partial charge in [-0.05, 0) is 106 Å². The van der Waals surface area contributed by atoms with Crippen LogP contribution in [0.25, 0.3) is 33.0 Å². The van der Waals surface area contributed by atoms with Gasteiger partial charge in [0.05, 0.1) is 0 Å². The van der Waals surface area contributed by atoms with E-state index in [-0.39, 0.29) is 5.41 Å². The Hall–Kier alpha value is -7.16. The molecule has 0 aliphatic carbocycles. The number of anilines is 3. The quantitative estimate of drug-likeness (QED) is 0.147. The van der Waals surface area contributed by atoms with Crippen molar-refractivity contribution >= 4 is 27.8 Å². The first kappa shape index (κ1) is 34.3. The molecule has 0 amide bonds. The van der Waals surface area contributed by atoms with Crippen molar-refractivity contribution in [2.24, 2.45) is 0 Å². The number of ether oxygens (including phenoxy) is 1. The van der Waals surface area contributed by atoms with Crippen molar-refractivity contribution in [3.05, 3.63) is 247 Å². The molecule has 0 radical (unpaired) electrons. The van der Waals surface area contributed by atoms with Crippen LogP contribution in [0.1, 0.15) is 22.3 Å². The van der Waals surface area contributed by atoms with Crippen LogP contribution in [0.3, 0.4) is 0 Å². The second kappa shape index (κ2) is 14.8. The fourth-order valence-electron chi connectivity index (χ4n) is 8.83. The molecule has 0 saturated carbocycles. The Labute approximate surface area is 334 Å². The molecule has 2 heteroatoms. The minimum Gasteiger partial charge on any atom is -0.457 e. The van der Waals surface area contributed by atoms with Gasteiger partial charge in [-0.1, -0.05) is 176 Å². The zero-order chi connectivity index (χ0) is 38.0. The van der Waals surface area contributed by atoms with Gasteiger partial charge in [-0.15, -0.1) is 0 Å². The van der Waals surface area contributed by atoms with Crippen molar-refractivity contribution in [2.75, 3.05) is 4.90 Å². The van der Waals surface area contributed by atoms with E-state index in [4.69, 9.17) is 4.74 Å². The summed E-state index contributed by atoms with van der Waals surface area (Å²) in [4.78, 5) is 2.36. The van der Waals surface area contributed by atoms with Crippen LogP contribution in [0.2, 0.25) is 0 Å². The number of benzene rings is 9. The summed E-state index contributed by atoms with van der Waals surface area (Å²) >= 11 is 0. The number of fused-ring (bicyclic) bond motifs is 4. The largest absolute Gasteiger partial charge is 0.457 e. The van der Waals surface area contributed by atoms with E-state index in [0.717, 1.165) is 41.4 Å². The molecule has 9 aromatic carbocycles. The first-order valence-electron chi connectivity index (χ1n) is 19.8. The second-order valence-corrected chi connectivity index (χ2v) is 15.0. The van der Waals surface area contributed by atoms with Crippen molar-refractivity contribution < 1.29 is 4.74 Å². The molecule has 0 spiro atoms. The maximum Gasteiger partial charge on any atom is 0.132 e. The highest BCUT2D eigenvalue weighted by Gasteiger charge is 2.43. The molecule has 10 rings (SSSR count). The molecule has 1 heterocycles. The molecule has 2 nitrogen and oxygen atoms in total. The summed E-state index contributed by atoms with van der Waals surface area (Å²) in [6.45, 7) is 0. The Morgan fingerprint density at radius 1 is 0.351 bits per heavy atom. The highest BCUT2D eigenvalue weighted by molar-refractivity contribution is 5.91. The van der Waals surface area contributed by atoms with Crippen molar-refractivity contribution in [1.82, 2.24) is 0 Å². The number of para-hydroxylation sites is 1. The molecule has 272 valence electrons. The van der Waals surface area contributed by atoms with Crippen LogP contribution in [0.15, 0.2) is 224 Å². The summed E-state index contributed by atoms with van der Waals surface area (Å²) in [6.07, 6.45) is 1.64. The third-order valence-electron chi connectivity index (χ3n) is 11.5. The maximum absolute atomic E-state index is 6.73. The molecule has 1 unspecified atom stereocenters. The monoisotopic (exact) mass is 731 g/mol. The normalized spacial score (nSPS) is 14.3. The molecule has 1 aliphatic rings. The predicted molar refractivity (Wildman–Crippen MR) is 237 cm³/mol. The lowest BCUT2D eigenvalue weighted by Gasteiger charge is -2.42. The van der Waals surface area contributed by atoms with E-state index in [1.807, 2.05) is 0 Å². The molecule has 0 bridgehead atoms. The van der Waals surface area contributed by atoms with Gasteiger partial charge >= 0.3 is 0 Å². The summed E-state index contributed by atoms with van der Waals surface area (Å²) in [7, 11) is 0. The van der Waals surface area contributed by atoms with Crippen LogP contribution in [0, 0.1) is 0 Å². The Bertz CT molecular complexity index is 2700. The average molecular weight is 732 g/mol. The summed E-state index contributed by atoms with van der Waals surface area (Å²) < 4.78 is 6.73. The van der Waals surface area contributed by atoms with Gasteiger partial charge in [0.1, 0.15) is 11.5 Å². The van der Waals surface area contributed by atoms with Gasteiger partial charge in [0.15, 0.2) is 0 Å². The smallest absolute Gasteiger partial charge is 0.132 e. The van der Waals surface area contributed by atoms with Gasteiger partial charge in [0.25, 0.3) is 0 Å². The van der Waals surface area contributed by atoms with Gasteiger partial charge in [0.2, 0.25) is 0 Å². The zero-order valence-electron chi connectivity index (χ0n) is 31.6. The fourth-order valence-corrected chi connectivity index (χ4v) is 8.83. The molecule has 1 atom stereocenters. The maximum atomic E-state index is 6.73. The molecule has 0 aromatic heterocycles. The molecule has 57 heavy (non-hydrogen) atoms. The lowest BCUT2D eigenvalue weighted by atomic mass is 9.64. The van der Waals surface area contributed by atoms with Crippen LogP contribution in [-0.4, -0.2) is 0 Å². The first-order valence-corrected chi connectivity index (χ1v) is 19.8. The van der Waals surface area contributed by atoms with Gasteiger partial charge in [-0.3, -0.25) is 0 Å². The van der Waals surface area contributed by atoms with Gasteiger partial charge in [0, 0.05) is 33.6 Å². The molecule has 1 aliphatic heterocycles. The van der Waals surface area contributed by atoms with Gasteiger partial charge < -0.3 is 9.64 Å². The standard InChI is InChI=1S/C55H41NO/c1-4-14-40(15-5-1)38-55(51-22-12-13-23-52(51)57-53-37-30-46-20-10-11-21-50(46)54(53)55)39-41-24-31-47(32-25-41)56(48-33-26-44(27-34-48)42-16-6-2-7-17-42)49-35-28-45(29-36-49)43-18-8-3-9-19-43/h1-37H,38-39H2. The summed E-state index contributed by atoms with van der Waals surface area (Å²) in [6, 6.07) is 80.9. The third-order valence-corrected chi connectivity index (χ3v) is 11.5. The molecular formula is C55H41NO. The lowest BCUT2D eigenvalue weighted by molar-refractivity contribution is 0.388. The van der Waals surface area contributed by atoms with E-state index in [9.17, 15) is 0 Å². The highest BCUT2D eigenvalue weighted by Crippen LogP contribution is 2.54. The fraction of sp³-hybridized carbons (Fsp3) is 0.0545. The molecule has 0 fully saturated rings. The Morgan fingerprint density at radius 3 is 1.40 bits per heavy atom. The van der Waals surface area contributed by atoms with E-state index >= 15 is 0 Å². The Kier molecular flexibility index (Phi) is 8.93. The lowest BCUT2D eigenvalue weighted by Crippen LogP contribution is -2.36. The molecular weight excluding hydrogens is 691 g/mol. The summed E-state index contributed by atoms with van der Waals surface area (Å²) in [5.74, 6) is 1.86. The number of rotatable bonds is 9. The van der Waals surface area contributed by atoms with Crippen LogP contribution in [0.4, 0.5) is 17.1 Å². The first-order chi connectivity index (χ1) is 28.2. The Balaban J connectivity index is 1.08. The summed E-state index contributed by atoms with van der Waals surface area (Å²) in [5, 5.41) is 2.46. The van der Waals surface area contributed by atoms with Crippen LogP contribution >= 0.6 is 0 Å². The zero-order valence-corrected chi connectivity index (χ0v) is 31.6. The molecule has 9 aromatic rings. The molecule has 0 N–H and O–H groups in total. The number of nitrogens with zero attached hydrogens (tertiary/aromatic N) is 1. The summed E-state index contributed by atoms with van der Waals surface area (Å²) in [5.41, 5.74) is 12.8. The van der Waals surface area contributed by atoms with Crippen molar-refractivity contribution in [1.29, 1.82) is 0 Å². The second-order valence-electron chi connectivity index (χ2n) is 15.0. The van der Waals surface area contributed by atoms with E-state index in [1.165, 1.54) is 55.3 Å². The minimum absolute atomic E-state index is 0.381. The van der Waals surface area contributed by atoms with E-state index in [0.29, 0.717) is 0 Å². The van der Waals surface area contributed by atoms with Crippen molar-refractivity contribution in [3.63, 3.8) is 0 Å². The number of hydrogen-bond acceptors (Lipinski definition) is 2. The number of hydrogen-bond donors (Lipinski definition) is 0. The van der Waals surface area contributed by atoms with E-state index in [1.54, 1.807) is 0 Å². The van der Waals surface area contributed by atoms with E-state index in [2.05, 4.69) is 229 Å². The highest BCUT2D eigenvalue weighted by atomic mass is 16.5. The predicted octanol–water partition coefficient (Wildman–Crippen LogP) is 14.5. The van der Waals surface area contributed by atoms with Crippen molar-refractivity contribution in [2.45, 2.75) is 18.3 Å². The van der Waals surface area contributed by atoms with Gasteiger partial charge in [-0.25, -0.2) is 0 Å². The van der Waals surface area contributed by atoms with Crippen LogP contribution in [-0.2, 0) is 18.3 Å². The Morgan fingerprint density at radius 2 is 0.807 bits per heavy atom. The average Bonchev–Trinajstić information content (AvgIpc) is 3.28. The molecule has 0 saturated heterocycles. The van der Waals surface area contributed by atoms with Crippen molar-refractivity contribution in [3.8, 4) is 33.8 Å². The minimum atomic E-state index is -0.381. The SMILES string of the molecule is c1ccc(CC2(Cc3ccc(N(c4ccc(-c5ccccc5)cc4)c4ccc(-c5ccccc5)cc4)cc3)c3ccccc3Oc3ccc4ccccc4c32)cc1. The van der Waals surface area contributed by atoms with Gasteiger partial charge in [-0.2, -0.15) is 0 Å². The van der Waals surface area contributed by atoms with Crippen LogP contribution in [0.5, 0.6) is 11.5 Å². The van der Waals surface area contributed by atoms with Crippen LogP contribution < -0.4 is 9.64 Å². The topological polar surface area (TPSA) is 12.5 Å². The van der Waals surface area contributed by atoms with E-state index < -0.39 is 0 Å². The third kappa shape index (κ3) is 6.56.